The van der Waals surface area contributed by atoms with Gasteiger partial charge in [-0.05, 0) is 58.3 Å². The van der Waals surface area contributed by atoms with Gasteiger partial charge in [-0.3, -0.25) is 4.79 Å². The predicted octanol–water partition coefficient (Wildman–Crippen LogP) is 2.87. The third kappa shape index (κ3) is 5.22. The van der Waals surface area contributed by atoms with Crippen molar-refractivity contribution >= 4 is 17.6 Å². The van der Waals surface area contributed by atoms with E-state index in [9.17, 15) is 9.59 Å². The van der Waals surface area contributed by atoms with Crippen LogP contribution >= 0.6 is 0 Å². The van der Waals surface area contributed by atoms with E-state index in [1.807, 2.05) is 30.3 Å². The van der Waals surface area contributed by atoms with Gasteiger partial charge >= 0.3 is 6.03 Å². The van der Waals surface area contributed by atoms with Gasteiger partial charge in [0.2, 0.25) is 5.91 Å². The number of nitrogens with zero attached hydrogens (tertiary/aromatic N) is 3. The lowest BCUT2D eigenvalue weighted by atomic mass is 9.93. The third-order valence-electron chi connectivity index (χ3n) is 5.57. The van der Waals surface area contributed by atoms with Crippen LogP contribution in [-0.2, 0) is 4.79 Å². The van der Waals surface area contributed by atoms with Crippen LogP contribution in [0.15, 0.2) is 30.3 Å². The summed E-state index contributed by atoms with van der Waals surface area (Å²) < 4.78 is 0. The smallest absolute Gasteiger partial charge is 0.321 e. The number of carbonyl (C=O) groups excluding carboxylic acids is 2. The van der Waals surface area contributed by atoms with E-state index in [0.29, 0.717) is 19.1 Å². The molecule has 1 aromatic carbocycles. The van der Waals surface area contributed by atoms with E-state index in [0.717, 1.165) is 44.5 Å². The molecular weight excluding hydrogens is 340 g/mol. The maximum Gasteiger partial charge on any atom is 0.321 e. The maximum absolute atomic E-state index is 13.2. The number of anilines is 1. The number of nitrogens with one attached hydrogen (secondary N) is 1. The Labute approximate surface area is 162 Å². The normalized spacial score (nSPS) is 23.4. The fourth-order valence-corrected chi connectivity index (χ4v) is 4.22. The van der Waals surface area contributed by atoms with Gasteiger partial charge in [-0.1, -0.05) is 18.2 Å². The van der Waals surface area contributed by atoms with E-state index in [1.165, 1.54) is 6.42 Å². The van der Waals surface area contributed by atoms with Gasteiger partial charge in [0.05, 0.1) is 5.92 Å². The van der Waals surface area contributed by atoms with E-state index in [2.05, 4.69) is 29.2 Å². The van der Waals surface area contributed by atoms with Crippen molar-refractivity contribution in [1.82, 2.24) is 14.7 Å². The van der Waals surface area contributed by atoms with Crippen LogP contribution in [0.2, 0.25) is 0 Å². The zero-order chi connectivity index (χ0) is 19.2. The second-order valence-electron chi connectivity index (χ2n) is 8.02. The number of urea groups is 1. The summed E-state index contributed by atoms with van der Waals surface area (Å²) in [4.78, 5) is 31.9. The Hall–Kier alpha value is -2.08. The van der Waals surface area contributed by atoms with Crippen molar-refractivity contribution in [3.8, 4) is 0 Å². The molecule has 2 unspecified atom stereocenters. The van der Waals surface area contributed by atoms with Crippen LogP contribution in [0.3, 0.4) is 0 Å². The van der Waals surface area contributed by atoms with Gasteiger partial charge in [0.25, 0.3) is 0 Å². The minimum absolute atomic E-state index is 0.0805. The van der Waals surface area contributed by atoms with E-state index in [4.69, 9.17) is 0 Å². The van der Waals surface area contributed by atoms with Crippen molar-refractivity contribution in [2.45, 2.75) is 38.1 Å². The second-order valence-corrected chi connectivity index (χ2v) is 8.02. The van der Waals surface area contributed by atoms with Crippen LogP contribution in [0.5, 0.6) is 0 Å². The van der Waals surface area contributed by atoms with Crippen molar-refractivity contribution in [3.63, 3.8) is 0 Å². The Bertz CT molecular complexity index is 634. The minimum Gasteiger partial charge on any atom is -0.338 e. The average Bonchev–Trinajstić information content (AvgIpc) is 2.68. The quantitative estimate of drug-likeness (QED) is 0.884. The van der Waals surface area contributed by atoms with Gasteiger partial charge in [-0.2, -0.15) is 0 Å². The summed E-state index contributed by atoms with van der Waals surface area (Å²) in [7, 11) is 4.13. The fourth-order valence-electron chi connectivity index (χ4n) is 4.22. The minimum atomic E-state index is -0.109. The molecule has 6 heteroatoms. The van der Waals surface area contributed by atoms with Crippen LogP contribution in [0.25, 0.3) is 0 Å². The molecule has 0 bridgehead atoms. The highest BCUT2D eigenvalue weighted by Crippen LogP contribution is 2.25. The number of hydrogen-bond donors (Lipinski definition) is 1. The summed E-state index contributed by atoms with van der Waals surface area (Å²) in [6.45, 7) is 2.99. The molecule has 6 nitrogen and oxygen atoms in total. The van der Waals surface area contributed by atoms with Gasteiger partial charge < -0.3 is 20.0 Å². The van der Waals surface area contributed by atoms with Gasteiger partial charge in [0.1, 0.15) is 0 Å². The van der Waals surface area contributed by atoms with Crippen LogP contribution in [-0.4, -0.2) is 73.0 Å². The van der Waals surface area contributed by atoms with Crippen LogP contribution < -0.4 is 5.32 Å². The molecule has 148 valence electrons. The number of benzene rings is 1. The molecule has 0 radical (unpaired) electrons. The first-order valence-corrected chi connectivity index (χ1v) is 10.1. The fraction of sp³-hybridized carbons (Fsp3) is 0.619. The predicted molar refractivity (Wildman–Crippen MR) is 108 cm³/mol. The molecule has 2 atom stereocenters. The third-order valence-corrected chi connectivity index (χ3v) is 5.57. The SMILES string of the molecule is CN(C)CC1CCCCN1C(=O)C1CCCN(C(=O)Nc2ccccc2)C1. The zero-order valence-corrected chi connectivity index (χ0v) is 16.6. The average molecular weight is 373 g/mol. The number of amides is 3. The second kappa shape index (κ2) is 9.22. The van der Waals surface area contributed by atoms with Crippen molar-refractivity contribution < 1.29 is 9.59 Å². The highest BCUT2D eigenvalue weighted by atomic mass is 16.2. The Kier molecular flexibility index (Phi) is 6.72. The number of piperidine rings is 2. The molecule has 0 aromatic heterocycles. The van der Waals surface area contributed by atoms with Gasteiger partial charge in [-0.25, -0.2) is 4.79 Å². The Morgan fingerprint density at radius 3 is 2.59 bits per heavy atom. The molecule has 2 saturated heterocycles. The molecule has 2 aliphatic rings. The number of likely N-dealkylation sites (tertiary alicyclic amines) is 2. The molecule has 2 heterocycles. The highest BCUT2D eigenvalue weighted by Gasteiger charge is 2.35. The van der Waals surface area contributed by atoms with Crippen molar-refractivity contribution in [3.05, 3.63) is 30.3 Å². The first-order valence-electron chi connectivity index (χ1n) is 10.1. The lowest BCUT2D eigenvalue weighted by Crippen LogP contribution is -2.53. The van der Waals surface area contributed by atoms with E-state index < -0.39 is 0 Å². The molecule has 2 fully saturated rings. The number of para-hydroxylation sites is 1. The topological polar surface area (TPSA) is 55.9 Å². The molecular formula is C21H32N4O2. The lowest BCUT2D eigenvalue weighted by Gasteiger charge is -2.41. The van der Waals surface area contributed by atoms with E-state index >= 15 is 0 Å². The van der Waals surface area contributed by atoms with Crippen molar-refractivity contribution in [2.75, 3.05) is 45.6 Å². The monoisotopic (exact) mass is 372 g/mol. The Morgan fingerprint density at radius 1 is 1.07 bits per heavy atom. The van der Waals surface area contributed by atoms with Crippen molar-refractivity contribution in [2.24, 2.45) is 5.92 Å². The van der Waals surface area contributed by atoms with Crippen LogP contribution in [0, 0.1) is 5.92 Å². The first kappa shape index (κ1) is 19.7. The molecule has 0 spiro atoms. The van der Waals surface area contributed by atoms with E-state index in [-0.39, 0.29) is 17.9 Å². The zero-order valence-electron chi connectivity index (χ0n) is 16.6. The van der Waals surface area contributed by atoms with Gasteiger partial charge in [0.15, 0.2) is 0 Å². The van der Waals surface area contributed by atoms with Gasteiger partial charge in [0, 0.05) is 37.9 Å². The number of hydrogen-bond acceptors (Lipinski definition) is 3. The molecule has 3 amide bonds. The molecule has 0 saturated carbocycles. The largest absolute Gasteiger partial charge is 0.338 e. The number of carbonyl (C=O) groups is 2. The lowest BCUT2D eigenvalue weighted by molar-refractivity contribution is -0.141. The van der Waals surface area contributed by atoms with Crippen LogP contribution in [0.1, 0.15) is 32.1 Å². The summed E-state index contributed by atoms with van der Waals surface area (Å²) in [5.41, 5.74) is 0.790. The standard InChI is InChI=1S/C21H32N4O2/c1-23(2)16-19-12-6-7-14-25(19)20(26)17-9-8-13-24(15-17)21(27)22-18-10-4-3-5-11-18/h3-5,10-11,17,19H,6-9,12-16H2,1-2H3,(H,22,27). The maximum atomic E-state index is 13.2. The van der Waals surface area contributed by atoms with Crippen LogP contribution in [0.4, 0.5) is 10.5 Å². The highest BCUT2D eigenvalue weighted by molar-refractivity contribution is 5.90. The first-order chi connectivity index (χ1) is 13.0. The molecule has 1 N–H and O–H groups in total. The molecule has 27 heavy (non-hydrogen) atoms. The summed E-state index contributed by atoms with van der Waals surface area (Å²) in [5, 5.41) is 2.94. The summed E-state index contributed by atoms with van der Waals surface area (Å²) in [6.07, 6.45) is 5.11. The van der Waals surface area contributed by atoms with E-state index in [1.54, 1.807) is 4.90 Å². The molecule has 2 aliphatic heterocycles. The summed E-state index contributed by atoms with van der Waals surface area (Å²) >= 11 is 0. The molecule has 3 rings (SSSR count). The number of rotatable bonds is 4. The molecule has 1 aromatic rings. The summed E-state index contributed by atoms with van der Waals surface area (Å²) in [5.74, 6) is 0.154. The molecule has 0 aliphatic carbocycles. The van der Waals surface area contributed by atoms with Crippen molar-refractivity contribution in [1.29, 1.82) is 0 Å². The van der Waals surface area contributed by atoms with Gasteiger partial charge in [-0.15, -0.1) is 0 Å². The summed E-state index contributed by atoms with van der Waals surface area (Å²) in [6, 6.07) is 9.68. The Morgan fingerprint density at radius 2 is 1.85 bits per heavy atom. The number of likely N-dealkylation sites (N-methyl/N-ethyl adjacent to an activating group) is 1. The Balaban J connectivity index is 1.60.